The Morgan fingerprint density at radius 1 is 1.30 bits per heavy atom. The number of rotatable bonds is 4. The maximum absolute atomic E-state index is 6.24. The van der Waals surface area contributed by atoms with E-state index in [1.54, 1.807) is 0 Å². The molecule has 20 heavy (non-hydrogen) atoms. The van der Waals surface area contributed by atoms with Crippen LogP contribution < -0.4 is 10.5 Å². The fourth-order valence-corrected chi connectivity index (χ4v) is 2.64. The van der Waals surface area contributed by atoms with E-state index in [1.807, 2.05) is 25.1 Å². The number of hydrogen-bond acceptors (Lipinski definition) is 3. The van der Waals surface area contributed by atoms with Crippen LogP contribution in [-0.2, 0) is 12.8 Å². The summed E-state index contributed by atoms with van der Waals surface area (Å²) >= 11 is 0. The third-order valence-corrected chi connectivity index (χ3v) is 3.79. The van der Waals surface area contributed by atoms with E-state index in [4.69, 9.17) is 10.5 Å². The Kier molecular flexibility index (Phi) is 3.70. The predicted molar refractivity (Wildman–Crippen MR) is 79.9 cm³/mol. The lowest BCUT2D eigenvalue weighted by molar-refractivity contribution is 0.357. The number of aromatic nitrogens is 1. The summed E-state index contributed by atoms with van der Waals surface area (Å²) in [6.07, 6.45) is 2.91. The van der Waals surface area contributed by atoms with Gasteiger partial charge in [-0.05, 0) is 49.1 Å². The summed E-state index contributed by atoms with van der Waals surface area (Å²) in [6.45, 7) is 2.81. The lowest BCUT2D eigenvalue weighted by atomic mass is 10.0. The van der Waals surface area contributed by atoms with Crippen LogP contribution in [0.25, 0.3) is 0 Å². The molecule has 104 valence electrons. The molecular formula is C17H20N2O. The van der Waals surface area contributed by atoms with Gasteiger partial charge in [-0.3, -0.25) is 4.98 Å². The van der Waals surface area contributed by atoms with Gasteiger partial charge in [0.05, 0.1) is 12.3 Å². The molecule has 0 saturated carbocycles. The number of nitrogens with zero attached hydrogens (tertiary/aromatic N) is 1. The highest BCUT2D eigenvalue weighted by Gasteiger charge is 2.13. The van der Waals surface area contributed by atoms with E-state index in [2.05, 4.69) is 23.2 Å². The highest BCUT2D eigenvalue weighted by Crippen LogP contribution is 2.27. The summed E-state index contributed by atoms with van der Waals surface area (Å²) < 4.78 is 5.53. The monoisotopic (exact) mass is 268 g/mol. The molecule has 1 aliphatic heterocycles. The zero-order valence-electron chi connectivity index (χ0n) is 11.8. The van der Waals surface area contributed by atoms with Gasteiger partial charge < -0.3 is 10.5 Å². The minimum Gasteiger partial charge on any atom is -0.493 e. The van der Waals surface area contributed by atoms with Gasteiger partial charge in [-0.1, -0.05) is 18.2 Å². The molecule has 1 atom stereocenters. The molecule has 0 bridgehead atoms. The summed E-state index contributed by atoms with van der Waals surface area (Å²) in [7, 11) is 0. The van der Waals surface area contributed by atoms with Crippen molar-refractivity contribution in [1.82, 2.24) is 4.98 Å². The first-order valence-corrected chi connectivity index (χ1v) is 7.16. The van der Waals surface area contributed by atoms with Crippen molar-refractivity contribution in [2.45, 2.75) is 32.2 Å². The van der Waals surface area contributed by atoms with E-state index in [1.165, 1.54) is 11.1 Å². The number of fused-ring (bicyclic) bond motifs is 1. The molecule has 0 fully saturated rings. The molecule has 1 aromatic carbocycles. The Labute approximate surface area is 119 Å². The van der Waals surface area contributed by atoms with Gasteiger partial charge >= 0.3 is 0 Å². The van der Waals surface area contributed by atoms with Gasteiger partial charge in [0.25, 0.3) is 0 Å². The van der Waals surface area contributed by atoms with Crippen LogP contribution in [0.2, 0.25) is 0 Å². The molecular weight excluding hydrogens is 248 g/mol. The molecule has 3 rings (SSSR count). The van der Waals surface area contributed by atoms with Crippen LogP contribution in [-0.4, -0.2) is 11.6 Å². The molecule has 1 aromatic heterocycles. The zero-order chi connectivity index (χ0) is 13.9. The molecule has 0 amide bonds. The van der Waals surface area contributed by atoms with Crippen molar-refractivity contribution in [2.75, 3.05) is 6.61 Å². The van der Waals surface area contributed by atoms with Crippen LogP contribution in [0.1, 0.15) is 35.0 Å². The molecule has 2 aromatic rings. The minimum atomic E-state index is -0.000551. The highest BCUT2D eigenvalue weighted by atomic mass is 16.5. The smallest absolute Gasteiger partial charge is 0.122 e. The first-order valence-electron chi connectivity index (χ1n) is 7.16. The average Bonchev–Trinajstić information content (AvgIpc) is 2.92. The van der Waals surface area contributed by atoms with E-state index in [0.717, 1.165) is 43.0 Å². The SMILES string of the molecule is Cc1cccc(C(N)CCc2ccc3c(c2)CCO3)n1. The Morgan fingerprint density at radius 3 is 3.05 bits per heavy atom. The molecule has 0 aliphatic carbocycles. The van der Waals surface area contributed by atoms with Gasteiger partial charge in [-0.15, -0.1) is 0 Å². The Hall–Kier alpha value is -1.87. The summed E-state index contributed by atoms with van der Waals surface area (Å²) in [5.74, 6) is 1.04. The molecule has 0 saturated heterocycles. The Morgan fingerprint density at radius 2 is 2.20 bits per heavy atom. The lowest BCUT2D eigenvalue weighted by Gasteiger charge is -2.12. The second-order valence-electron chi connectivity index (χ2n) is 5.39. The Bertz CT molecular complexity index is 610. The molecule has 2 N–H and O–H groups in total. The zero-order valence-corrected chi connectivity index (χ0v) is 11.8. The van der Waals surface area contributed by atoms with E-state index >= 15 is 0 Å². The predicted octanol–water partition coefficient (Wildman–Crippen LogP) is 2.96. The number of benzene rings is 1. The van der Waals surface area contributed by atoms with E-state index < -0.39 is 0 Å². The fraction of sp³-hybridized carbons (Fsp3) is 0.353. The standard InChI is InChI=1S/C17H20N2O/c1-12-3-2-4-16(19-12)15(18)7-5-13-6-8-17-14(11-13)9-10-20-17/h2-4,6,8,11,15H,5,7,9-10,18H2,1H3. The quantitative estimate of drug-likeness (QED) is 0.927. The summed E-state index contributed by atoms with van der Waals surface area (Å²) in [4.78, 5) is 4.50. The second-order valence-corrected chi connectivity index (χ2v) is 5.39. The highest BCUT2D eigenvalue weighted by molar-refractivity contribution is 5.39. The molecule has 0 radical (unpaired) electrons. The normalized spacial score (nSPS) is 14.7. The summed E-state index contributed by atoms with van der Waals surface area (Å²) in [5.41, 5.74) is 10.9. The molecule has 0 spiro atoms. The summed E-state index contributed by atoms with van der Waals surface area (Å²) in [6, 6.07) is 12.5. The molecule has 1 unspecified atom stereocenters. The van der Waals surface area contributed by atoms with Crippen LogP contribution in [0.5, 0.6) is 5.75 Å². The van der Waals surface area contributed by atoms with Crippen molar-refractivity contribution in [3.8, 4) is 5.75 Å². The van der Waals surface area contributed by atoms with Crippen molar-refractivity contribution in [2.24, 2.45) is 5.73 Å². The van der Waals surface area contributed by atoms with Gasteiger partial charge in [-0.2, -0.15) is 0 Å². The first kappa shape index (κ1) is 13.1. The third kappa shape index (κ3) is 2.83. The topological polar surface area (TPSA) is 48.1 Å². The molecule has 1 aliphatic rings. The fourth-order valence-electron chi connectivity index (χ4n) is 2.64. The molecule has 3 nitrogen and oxygen atoms in total. The number of aryl methyl sites for hydroxylation is 2. The number of ether oxygens (including phenoxy) is 1. The summed E-state index contributed by atoms with van der Waals surface area (Å²) in [5, 5.41) is 0. The van der Waals surface area contributed by atoms with Crippen molar-refractivity contribution < 1.29 is 4.74 Å². The van der Waals surface area contributed by atoms with Crippen LogP contribution in [0, 0.1) is 6.92 Å². The van der Waals surface area contributed by atoms with Crippen molar-refractivity contribution in [1.29, 1.82) is 0 Å². The van der Waals surface area contributed by atoms with E-state index in [9.17, 15) is 0 Å². The minimum absolute atomic E-state index is 0.000551. The molecule has 3 heteroatoms. The van der Waals surface area contributed by atoms with Crippen LogP contribution >= 0.6 is 0 Å². The number of pyridine rings is 1. The molecule has 2 heterocycles. The maximum Gasteiger partial charge on any atom is 0.122 e. The van der Waals surface area contributed by atoms with Crippen LogP contribution in [0.15, 0.2) is 36.4 Å². The Balaban J connectivity index is 1.64. The first-order chi connectivity index (χ1) is 9.72. The van der Waals surface area contributed by atoms with Crippen LogP contribution in [0.3, 0.4) is 0 Å². The van der Waals surface area contributed by atoms with E-state index in [-0.39, 0.29) is 6.04 Å². The van der Waals surface area contributed by atoms with Crippen molar-refractivity contribution in [3.05, 3.63) is 58.9 Å². The largest absolute Gasteiger partial charge is 0.493 e. The van der Waals surface area contributed by atoms with Crippen LogP contribution in [0.4, 0.5) is 0 Å². The van der Waals surface area contributed by atoms with Crippen molar-refractivity contribution >= 4 is 0 Å². The van der Waals surface area contributed by atoms with Gasteiger partial charge in [0.1, 0.15) is 5.75 Å². The number of hydrogen-bond donors (Lipinski definition) is 1. The lowest BCUT2D eigenvalue weighted by Crippen LogP contribution is -2.13. The van der Waals surface area contributed by atoms with Gasteiger partial charge in [0.2, 0.25) is 0 Å². The van der Waals surface area contributed by atoms with Gasteiger partial charge in [0.15, 0.2) is 0 Å². The van der Waals surface area contributed by atoms with Gasteiger partial charge in [-0.25, -0.2) is 0 Å². The van der Waals surface area contributed by atoms with Crippen molar-refractivity contribution in [3.63, 3.8) is 0 Å². The van der Waals surface area contributed by atoms with E-state index in [0.29, 0.717) is 0 Å². The maximum atomic E-state index is 6.24. The average molecular weight is 268 g/mol. The number of nitrogens with two attached hydrogens (primary N) is 1. The second kappa shape index (κ2) is 5.63. The third-order valence-electron chi connectivity index (χ3n) is 3.79. The van der Waals surface area contributed by atoms with Gasteiger partial charge in [0, 0.05) is 18.2 Å².